The van der Waals surface area contributed by atoms with E-state index in [0.717, 1.165) is 12.8 Å². The molecular weight excluding hydrogens is 284 g/mol. The van der Waals surface area contributed by atoms with E-state index in [2.05, 4.69) is 0 Å². The van der Waals surface area contributed by atoms with Gasteiger partial charge in [0.1, 0.15) is 0 Å². The second-order valence-electron chi connectivity index (χ2n) is 7.98. The smallest absolute Gasteiger partial charge is 0.303 e. The minimum absolute atomic E-state index is 0.0286. The summed E-state index contributed by atoms with van der Waals surface area (Å²) in [5.41, 5.74) is -1.71. The van der Waals surface area contributed by atoms with Crippen molar-refractivity contribution < 1.29 is 24.5 Å². The maximum Gasteiger partial charge on any atom is 0.303 e. The van der Waals surface area contributed by atoms with Crippen LogP contribution in [0.25, 0.3) is 0 Å². The van der Waals surface area contributed by atoms with Crippen LogP contribution in [0.15, 0.2) is 12.2 Å². The van der Waals surface area contributed by atoms with E-state index in [1.54, 1.807) is 6.08 Å². The monoisotopic (exact) mass is 306 g/mol. The third kappa shape index (κ3) is 1.42. The van der Waals surface area contributed by atoms with E-state index in [0.29, 0.717) is 12.3 Å². The quantitative estimate of drug-likeness (QED) is 0.826. The van der Waals surface area contributed by atoms with Gasteiger partial charge in [-0.25, -0.2) is 0 Å². The molecule has 3 aliphatic carbocycles. The summed E-state index contributed by atoms with van der Waals surface area (Å²) in [5.74, 6) is -0.722. The van der Waals surface area contributed by atoms with Gasteiger partial charge in [0.2, 0.25) is 0 Å². The Bertz CT molecular complexity index is 598. The first-order valence-electron chi connectivity index (χ1n) is 8.05. The number of hydrogen-bond donors (Lipinski definition) is 2. The predicted molar refractivity (Wildman–Crippen MR) is 77.1 cm³/mol. The molecule has 7 atom stereocenters. The molecule has 2 N–H and O–H groups in total. The lowest BCUT2D eigenvalue weighted by atomic mass is 9.50. The van der Waals surface area contributed by atoms with E-state index in [4.69, 9.17) is 9.84 Å². The van der Waals surface area contributed by atoms with Gasteiger partial charge in [0.25, 0.3) is 0 Å². The Morgan fingerprint density at radius 1 is 1.45 bits per heavy atom. The molecule has 2 heterocycles. The highest BCUT2D eigenvalue weighted by molar-refractivity contribution is 5.96. The molecule has 5 heteroatoms. The first-order chi connectivity index (χ1) is 10.2. The number of allylic oxidation sites excluding steroid dienone is 1. The largest absolute Gasteiger partial charge is 0.481 e. The van der Waals surface area contributed by atoms with Crippen molar-refractivity contribution in [3.05, 3.63) is 12.2 Å². The Morgan fingerprint density at radius 2 is 2.18 bits per heavy atom. The Kier molecular flexibility index (Phi) is 2.62. The molecule has 0 amide bonds. The number of rotatable bonds is 3. The second kappa shape index (κ2) is 4.01. The van der Waals surface area contributed by atoms with Crippen LogP contribution in [0.3, 0.4) is 0 Å². The summed E-state index contributed by atoms with van der Waals surface area (Å²) in [6, 6.07) is 0. The van der Waals surface area contributed by atoms with Gasteiger partial charge in [0.15, 0.2) is 5.78 Å². The Hall–Kier alpha value is -1.20. The van der Waals surface area contributed by atoms with Gasteiger partial charge in [0, 0.05) is 23.2 Å². The molecule has 5 rings (SSSR count). The van der Waals surface area contributed by atoms with Crippen molar-refractivity contribution in [1.82, 2.24) is 0 Å². The fraction of sp³-hybridized carbons (Fsp3) is 0.765. The maximum atomic E-state index is 12.6. The number of ketones is 1. The third-order valence-corrected chi connectivity index (χ3v) is 6.99. The van der Waals surface area contributed by atoms with Crippen molar-refractivity contribution in [3.63, 3.8) is 0 Å². The minimum atomic E-state index is -0.891. The summed E-state index contributed by atoms with van der Waals surface area (Å²) in [6.45, 7) is 3.84. The van der Waals surface area contributed by atoms with Crippen LogP contribution < -0.4 is 0 Å². The molecule has 5 nitrogen and oxygen atoms in total. The van der Waals surface area contributed by atoms with Gasteiger partial charge in [0.05, 0.1) is 17.8 Å². The number of ether oxygens (including phenoxy) is 1. The van der Waals surface area contributed by atoms with Crippen LogP contribution in [-0.4, -0.2) is 39.8 Å². The summed E-state index contributed by atoms with van der Waals surface area (Å²) in [5, 5.41) is 20.0. The molecule has 0 aromatic heterocycles. The summed E-state index contributed by atoms with van der Waals surface area (Å²) >= 11 is 0. The number of carboxylic acid groups (broad SMARTS) is 1. The van der Waals surface area contributed by atoms with Crippen molar-refractivity contribution in [2.75, 3.05) is 0 Å². The van der Waals surface area contributed by atoms with Crippen LogP contribution >= 0.6 is 0 Å². The summed E-state index contributed by atoms with van der Waals surface area (Å²) in [7, 11) is 0. The molecule has 0 aromatic carbocycles. The third-order valence-electron chi connectivity index (χ3n) is 6.99. The number of hydrogen-bond acceptors (Lipinski definition) is 4. The van der Waals surface area contributed by atoms with Crippen LogP contribution in [-0.2, 0) is 14.3 Å². The Labute approximate surface area is 129 Å². The van der Waals surface area contributed by atoms with Gasteiger partial charge in [-0.05, 0) is 38.2 Å². The molecule has 4 bridgehead atoms. The number of aliphatic hydroxyl groups is 1. The number of carbonyl (C=O) groups is 2. The number of carbonyl (C=O) groups excluding carboxylic acids is 1. The van der Waals surface area contributed by atoms with E-state index < -0.39 is 28.5 Å². The van der Waals surface area contributed by atoms with Gasteiger partial charge in [-0.15, -0.1) is 0 Å². The van der Waals surface area contributed by atoms with Crippen molar-refractivity contribution in [2.24, 2.45) is 22.7 Å². The van der Waals surface area contributed by atoms with Crippen molar-refractivity contribution >= 4 is 11.8 Å². The predicted octanol–water partition coefficient (Wildman–Crippen LogP) is 1.54. The van der Waals surface area contributed by atoms with E-state index >= 15 is 0 Å². The Morgan fingerprint density at radius 3 is 2.82 bits per heavy atom. The van der Waals surface area contributed by atoms with Crippen LogP contribution in [0.4, 0.5) is 0 Å². The highest BCUT2D eigenvalue weighted by atomic mass is 16.5. The zero-order valence-corrected chi connectivity index (χ0v) is 12.9. The van der Waals surface area contributed by atoms with Gasteiger partial charge in [-0.2, -0.15) is 0 Å². The molecule has 2 saturated heterocycles. The molecule has 1 spiro atoms. The summed E-state index contributed by atoms with van der Waals surface area (Å²) in [4.78, 5) is 23.6. The molecule has 0 radical (unpaired) electrons. The fourth-order valence-corrected chi connectivity index (χ4v) is 5.96. The maximum absolute atomic E-state index is 12.6. The van der Waals surface area contributed by atoms with Gasteiger partial charge in [-0.1, -0.05) is 13.0 Å². The van der Waals surface area contributed by atoms with E-state index in [-0.39, 0.29) is 24.2 Å². The molecule has 5 aliphatic rings. The lowest BCUT2D eigenvalue weighted by Crippen LogP contribution is -2.62. The number of aliphatic hydroxyl groups excluding tert-OH is 1. The SMILES string of the molecule is C[C@]12O[C@H]3CC1C[C@@]1(C=CC(=O)[C@@](C)(CCC(=O)O)C31)[C@H]2O. The highest BCUT2D eigenvalue weighted by Gasteiger charge is 2.76. The first kappa shape index (κ1) is 14.4. The molecule has 22 heavy (non-hydrogen) atoms. The average Bonchev–Trinajstić information content (AvgIpc) is 2.79. The lowest BCUT2D eigenvalue weighted by molar-refractivity contribution is -0.219. The topological polar surface area (TPSA) is 83.8 Å². The molecule has 120 valence electrons. The van der Waals surface area contributed by atoms with Gasteiger partial charge < -0.3 is 14.9 Å². The molecular formula is C17H22O5. The summed E-state index contributed by atoms with van der Waals surface area (Å²) in [6.07, 6.45) is 4.76. The number of aliphatic carboxylic acids is 1. The zero-order valence-electron chi connectivity index (χ0n) is 12.9. The van der Waals surface area contributed by atoms with Crippen LogP contribution in [0.1, 0.15) is 39.5 Å². The van der Waals surface area contributed by atoms with Crippen LogP contribution in [0, 0.1) is 22.7 Å². The standard InChI is InChI=1S/C17H22O5/c1-15(5-4-12(19)20)11(18)3-6-17-8-9-7-10(13(15)17)22-16(9,2)14(17)21/h3,6,9-10,13-14,21H,4-5,7-8H2,1-2H3,(H,19,20)/t9?,10-,13?,14-,15+,16-,17+/m0/s1. The van der Waals surface area contributed by atoms with Crippen LogP contribution in [0.5, 0.6) is 0 Å². The van der Waals surface area contributed by atoms with Crippen LogP contribution in [0.2, 0.25) is 0 Å². The molecule has 2 aliphatic heterocycles. The van der Waals surface area contributed by atoms with Crippen molar-refractivity contribution in [3.8, 4) is 0 Å². The Balaban J connectivity index is 1.80. The molecule has 4 fully saturated rings. The van der Waals surface area contributed by atoms with Crippen molar-refractivity contribution in [1.29, 1.82) is 0 Å². The normalized spacial score (nSPS) is 54.8. The highest BCUT2D eigenvalue weighted by Crippen LogP contribution is 2.71. The van der Waals surface area contributed by atoms with Gasteiger partial charge in [-0.3, -0.25) is 9.59 Å². The number of carboxylic acids is 1. The average molecular weight is 306 g/mol. The molecule has 2 saturated carbocycles. The summed E-state index contributed by atoms with van der Waals surface area (Å²) < 4.78 is 6.18. The lowest BCUT2D eigenvalue weighted by Gasteiger charge is -2.57. The molecule has 0 aromatic rings. The molecule has 2 unspecified atom stereocenters. The van der Waals surface area contributed by atoms with Crippen molar-refractivity contribution in [2.45, 2.75) is 57.3 Å². The fourth-order valence-electron chi connectivity index (χ4n) is 5.96. The minimum Gasteiger partial charge on any atom is -0.481 e. The van der Waals surface area contributed by atoms with E-state index in [1.165, 1.54) is 0 Å². The second-order valence-corrected chi connectivity index (χ2v) is 7.98. The zero-order chi connectivity index (χ0) is 15.9. The van der Waals surface area contributed by atoms with Gasteiger partial charge >= 0.3 is 5.97 Å². The van der Waals surface area contributed by atoms with E-state index in [9.17, 15) is 14.7 Å². The first-order valence-corrected chi connectivity index (χ1v) is 8.05. The van der Waals surface area contributed by atoms with E-state index in [1.807, 2.05) is 19.9 Å².